The van der Waals surface area contributed by atoms with Gasteiger partial charge in [-0.25, -0.2) is 0 Å². The number of halogens is 5. The van der Waals surface area contributed by atoms with E-state index in [0.29, 0.717) is 24.2 Å². The van der Waals surface area contributed by atoms with Crippen molar-refractivity contribution in [1.29, 1.82) is 0 Å². The van der Waals surface area contributed by atoms with Crippen molar-refractivity contribution >= 4 is 21.9 Å². The van der Waals surface area contributed by atoms with E-state index in [1.807, 2.05) is 0 Å². The minimum absolute atomic E-state index is 0.00115. The van der Waals surface area contributed by atoms with E-state index in [4.69, 9.17) is 0 Å². The van der Waals surface area contributed by atoms with Gasteiger partial charge in [0.25, 0.3) is 0 Å². The Bertz CT molecular complexity index is 911. The van der Waals surface area contributed by atoms with Crippen molar-refractivity contribution in [2.75, 3.05) is 44.7 Å². The molecule has 11 heteroatoms. The average Bonchev–Trinajstić information content (AvgIpc) is 3.10. The number of rotatable bonds is 5. The highest BCUT2D eigenvalue weighted by Gasteiger charge is 2.65. The zero-order valence-corrected chi connectivity index (χ0v) is 19.6. The van der Waals surface area contributed by atoms with Crippen molar-refractivity contribution in [2.24, 2.45) is 5.92 Å². The van der Waals surface area contributed by atoms with Gasteiger partial charge in [0.15, 0.2) is 0 Å². The molecule has 0 unspecified atom stereocenters. The van der Waals surface area contributed by atoms with E-state index in [-0.39, 0.29) is 37.2 Å². The lowest BCUT2D eigenvalue weighted by atomic mass is 9.85. The van der Waals surface area contributed by atoms with Crippen LogP contribution in [0.2, 0.25) is 0 Å². The van der Waals surface area contributed by atoms with Crippen molar-refractivity contribution in [3.05, 3.63) is 23.8 Å². The Kier molecular flexibility index (Phi) is 5.73. The normalized spacial score (nSPS) is 25.2. The summed E-state index contributed by atoms with van der Waals surface area (Å²) < 4.78 is 68.1. The van der Waals surface area contributed by atoms with E-state index < -0.39 is 27.0 Å². The smallest absolute Gasteiger partial charge is 0.310 e. The quantitative estimate of drug-likeness (QED) is 0.529. The molecule has 0 aliphatic carbocycles. The number of carboxylic acid groups (broad SMARTS) is 1. The molecule has 1 aromatic carbocycles. The summed E-state index contributed by atoms with van der Waals surface area (Å²) in [5.41, 5.74) is 0.743. The minimum Gasteiger partial charge on any atom is -0.481 e. The highest BCUT2D eigenvalue weighted by molar-refractivity contribution is 8.45. The lowest BCUT2D eigenvalue weighted by Crippen LogP contribution is -2.51. The molecule has 0 bridgehead atoms. The molecule has 188 valence electrons. The van der Waals surface area contributed by atoms with E-state index >= 15 is 0 Å². The molecule has 1 aromatic rings. The molecule has 4 rings (SSSR count). The van der Waals surface area contributed by atoms with Crippen molar-refractivity contribution in [2.45, 2.75) is 55.5 Å². The van der Waals surface area contributed by atoms with Crippen LogP contribution in [0, 0.1) is 5.92 Å². The number of nitrogens with zero attached hydrogens (tertiary/aromatic N) is 3. The summed E-state index contributed by atoms with van der Waals surface area (Å²) in [4.78, 5) is 15.6. The molecule has 0 atom stereocenters. The van der Waals surface area contributed by atoms with Crippen molar-refractivity contribution in [3.8, 4) is 0 Å². The minimum atomic E-state index is -9.84. The number of carboxylic acids is 1. The standard InChI is InChI=1S/C22H32F5N3O2S/c1-28-13-8-22(9-14-28)7-2-10-30(22)16-18-3-4-19(33(23,24,25,26)27)15-20(18)29-11-5-17(6-12-29)21(31)32/h3-4,15,17H,2,5-14,16H2,1H3,(H,31,32). The Morgan fingerprint density at radius 3 is 2.24 bits per heavy atom. The Hall–Kier alpha value is -1.59. The highest BCUT2D eigenvalue weighted by Crippen LogP contribution is 3.02. The van der Waals surface area contributed by atoms with Crippen molar-refractivity contribution < 1.29 is 29.3 Å². The Morgan fingerprint density at radius 1 is 1.03 bits per heavy atom. The van der Waals surface area contributed by atoms with E-state index in [1.54, 1.807) is 4.90 Å². The van der Waals surface area contributed by atoms with Gasteiger partial charge >= 0.3 is 16.2 Å². The van der Waals surface area contributed by atoms with Crippen LogP contribution in [-0.2, 0) is 11.3 Å². The van der Waals surface area contributed by atoms with Gasteiger partial charge in [-0.05, 0) is 82.9 Å². The van der Waals surface area contributed by atoms with E-state index in [2.05, 4.69) is 16.8 Å². The summed E-state index contributed by atoms with van der Waals surface area (Å²) in [7, 11) is -7.76. The lowest BCUT2D eigenvalue weighted by molar-refractivity contribution is -0.142. The molecule has 3 aliphatic heterocycles. The zero-order chi connectivity index (χ0) is 24.1. The van der Waals surface area contributed by atoms with Crippen LogP contribution in [0.3, 0.4) is 0 Å². The van der Waals surface area contributed by atoms with E-state index in [1.165, 1.54) is 6.07 Å². The molecule has 3 fully saturated rings. The van der Waals surface area contributed by atoms with Gasteiger partial charge in [0.1, 0.15) is 4.90 Å². The van der Waals surface area contributed by atoms with Crippen molar-refractivity contribution in [1.82, 2.24) is 9.80 Å². The Morgan fingerprint density at radius 2 is 1.67 bits per heavy atom. The van der Waals surface area contributed by atoms with Gasteiger partial charge in [-0.1, -0.05) is 25.5 Å². The van der Waals surface area contributed by atoms with E-state index in [9.17, 15) is 29.3 Å². The molecule has 3 heterocycles. The molecular weight excluding hydrogens is 465 g/mol. The Balaban J connectivity index is 1.65. The zero-order valence-electron chi connectivity index (χ0n) is 18.8. The molecule has 5 nitrogen and oxygen atoms in total. The Labute approximate surface area is 191 Å². The van der Waals surface area contributed by atoms with Gasteiger partial charge < -0.3 is 14.9 Å². The third kappa shape index (κ3) is 5.24. The second kappa shape index (κ2) is 7.71. The molecule has 1 spiro atoms. The summed E-state index contributed by atoms with van der Waals surface area (Å²) in [5.74, 6) is -1.50. The van der Waals surface area contributed by atoms with Crippen molar-refractivity contribution in [3.63, 3.8) is 0 Å². The number of piperidine rings is 2. The third-order valence-electron chi connectivity index (χ3n) is 7.71. The van der Waals surface area contributed by atoms with Gasteiger partial charge in [0.05, 0.1) is 5.92 Å². The second-order valence-electron chi connectivity index (χ2n) is 9.91. The van der Waals surface area contributed by atoms with Gasteiger partial charge in [-0.2, -0.15) is 0 Å². The van der Waals surface area contributed by atoms with Gasteiger partial charge in [0, 0.05) is 30.9 Å². The van der Waals surface area contributed by atoms with Crippen LogP contribution in [0.15, 0.2) is 23.1 Å². The van der Waals surface area contributed by atoms with Gasteiger partial charge in [0.2, 0.25) is 0 Å². The maximum atomic E-state index is 13.6. The number of hydrogen-bond acceptors (Lipinski definition) is 4. The summed E-state index contributed by atoms with van der Waals surface area (Å²) >= 11 is 0. The molecule has 0 saturated carbocycles. The molecule has 3 saturated heterocycles. The van der Waals surface area contributed by atoms with Crippen LogP contribution in [0.4, 0.5) is 25.1 Å². The predicted octanol–water partition coefficient (Wildman–Crippen LogP) is 5.71. The number of benzene rings is 1. The van der Waals surface area contributed by atoms with Crippen LogP contribution >= 0.6 is 10.2 Å². The lowest BCUT2D eigenvalue weighted by Gasteiger charge is -2.45. The topological polar surface area (TPSA) is 47.0 Å². The first kappa shape index (κ1) is 24.5. The number of anilines is 1. The van der Waals surface area contributed by atoms with Gasteiger partial charge in [-0.3, -0.25) is 9.69 Å². The molecular formula is C22H32F5N3O2S. The largest absolute Gasteiger partial charge is 0.481 e. The van der Waals surface area contributed by atoms with E-state index in [0.717, 1.165) is 45.3 Å². The van der Waals surface area contributed by atoms with Crippen LogP contribution in [0.25, 0.3) is 0 Å². The maximum absolute atomic E-state index is 13.6. The number of carbonyl (C=O) groups is 1. The molecule has 33 heavy (non-hydrogen) atoms. The maximum Gasteiger partial charge on any atom is 0.310 e. The number of hydrogen-bond donors (Lipinski definition) is 1. The summed E-state index contributed by atoms with van der Waals surface area (Å²) in [5, 5.41) is 9.25. The van der Waals surface area contributed by atoms with Crippen LogP contribution in [-0.4, -0.2) is 66.2 Å². The van der Waals surface area contributed by atoms with Crippen LogP contribution in [0.1, 0.15) is 44.1 Å². The first-order valence-corrected chi connectivity index (χ1v) is 13.4. The fraction of sp³-hybridized carbons (Fsp3) is 0.682. The second-order valence-corrected chi connectivity index (χ2v) is 12.3. The number of aliphatic carboxylic acids is 1. The molecule has 0 radical (unpaired) electrons. The SMILES string of the molecule is CN1CCC2(CCCN2Cc2ccc(S(F)(F)(F)(F)F)cc2N2CCC(C(=O)O)CC2)CC1. The van der Waals surface area contributed by atoms with Crippen LogP contribution in [0.5, 0.6) is 0 Å². The molecule has 0 aromatic heterocycles. The first-order chi connectivity index (χ1) is 15.2. The average molecular weight is 498 g/mol. The highest BCUT2D eigenvalue weighted by atomic mass is 32.5. The molecule has 3 aliphatic rings. The fourth-order valence-electron chi connectivity index (χ4n) is 5.63. The van der Waals surface area contributed by atoms with Gasteiger partial charge in [-0.15, -0.1) is 0 Å². The predicted molar refractivity (Wildman–Crippen MR) is 120 cm³/mol. The number of likely N-dealkylation sites (tertiary alicyclic amines) is 2. The monoisotopic (exact) mass is 497 g/mol. The third-order valence-corrected chi connectivity index (χ3v) is 8.85. The summed E-state index contributed by atoms with van der Waals surface area (Å²) in [6.45, 7) is 3.59. The molecule has 1 N–H and O–H groups in total. The molecule has 0 amide bonds. The summed E-state index contributed by atoms with van der Waals surface area (Å²) in [6.07, 6.45) is 4.54. The fourth-order valence-corrected chi connectivity index (χ4v) is 6.29. The first-order valence-electron chi connectivity index (χ1n) is 11.5. The van der Waals surface area contributed by atoms with Crippen LogP contribution < -0.4 is 4.90 Å². The summed E-state index contributed by atoms with van der Waals surface area (Å²) in [6, 6.07) is 2.31.